The molecule has 2 rings (SSSR count). The molecule has 0 aromatic carbocycles. The van der Waals surface area contributed by atoms with Crippen molar-refractivity contribution >= 4 is 5.91 Å². The molecule has 0 atom stereocenters. The maximum Gasteiger partial charge on any atom is 0.278 e. The minimum atomic E-state index is -0.470. The van der Waals surface area contributed by atoms with Crippen LogP contribution in [0.1, 0.15) is 32.4 Å². The van der Waals surface area contributed by atoms with Gasteiger partial charge in [-0.25, -0.2) is 4.63 Å². The van der Waals surface area contributed by atoms with E-state index in [9.17, 15) is 4.79 Å². The second-order valence-corrected chi connectivity index (χ2v) is 5.51. The monoisotopic (exact) mass is 282 g/mol. The van der Waals surface area contributed by atoms with Crippen LogP contribution in [0.2, 0.25) is 0 Å². The molecule has 1 aromatic rings. The standard InChI is InChI=1S/C13H22N4O3/c1-10-11(16-20-15-10)19-9-6-14-12(18)13(2,3)17-7-4-5-8-17/h4-9H2,1-3H3,(H,14,18). The molecule has 20 heavy (non-hydrogen) atoms. The molecule has 1 aromatic heterocycles. The zero-order valence-electron chi connectivity index (χ0n) is 12.3. The van der Waals surface area contributed by atoms with E-state index in [2.05, 4.69) is 25.2 Å². The van der Waals surface area contributed by atoms with Gasteiger partial charge in [0.1, 0.15) is 12.3 Å². The number of carbonyl (C=O) groups is 1. The van der Waals surface area contributed by atoms with E-state index in [0.717, 1.165) is 25.9 Å². The summed E-state index contributed by atoms with van der Waals surface area (Å²) in [7, 11) is 0. The van der Waals surface area contributed by atoms with Crippen LogP contribution in [0.15, 0.2) is 4.63 Å². The van der Waals surface area contributed by atoms with E-state index in [1.54, 1.807) is 6.92 Å². The highest BCUT2D eigenvalue weighted by molar-refractivity contribution is 5.85. The van der Waals surface area contributed by atoms with E-state index in [0.29, 0.717) is 24.7 Å². The van der Waals surface area contributed by atoms with Gasteiger partial charge < -0.3 is 10.1 Å². The summed E-state index contributed by atoms with van der Waals surface area (Å²) < 4.78 is 9.90. The molecule has 7 nitrogen and oxygen atoms in total. The first-order valence-corrected chi connectivity index (χ1v) is 6.97. The summed E-state index contributed by atoms with van der Waals surface area (Å²) in [5, 5.41) is 10.1. The van der Waals surface area contributed by atoms with Gasteiger partial charge in [-0.15, -0.1) is 0 Å². The maximum absolute atomic E-state index is 12.2. The first-order chi connectivity index (χ1) is 9.51. The minimum absolute atomic E-state index is 0.0259. The third kappa shape index (κ3) is 3.27. The van der Waals surface area contributed by atoms with Gasteiger partial charge in [0.15, 0.2) is 0 Å². The SMILES string of the molecule is Cc1nonc1OCCNC(=O)C(C)(C)N1CCCC1. The van der Waals surface area contributed by atoms with Crippen molar-refractivity contribution in [2.75, 3.05) is 26.2 Å². The molecular weight excluding hydrogens is 260 g/mol. The van der Waals surface area contributed by atoms with Crippen molar-refractivity contribution in [1.82, 2.24) is 20.5 Å². The van der Waals surface area contributed by atoms with Crippen LogP contribution in [0.3, 0.4) is 0 Å². The van der Waals surface area contributed by atoms with Crippen molar-refractivity contribution in [2.24, 2.45) is 0 Å². The number of amides is 1. The topological polar surface area (TPSA) is 80.5 Å². The molecule has 2 heterocycles. The Morgan fingerprint density at radius 2 is 2.10 bits per heavy atom. The molecule has 112 valence electrons. The lowest BCUT2D eigenvalue weighted by atomic mass is 10.0. The van der Waals surface area contributed by atoms with Gasteiger partial charge in [-0.1, -0.05) is 5.16 Å². The maximum atomic E-state index is 12.2. The summed E-state index contributed by atoms with van der Waals surface area (Å²) in [6.45, 7) is 8.42. The largest absolute Gasteiger partial charge is 0.472 e. The van der Waals surface area contributed by atoms with Gasteiger partial charge in [0.25, 0.3) is 5.88 Å². The molecule has 1 aliphatic rings. The van der Waals surface area contributed by atoms with E-state index in [1.807, 2.05) is 13.8 Å². The smallest absolute Gasteiger partial charge is 0.278 e. The van der Waals surface area contributed by atoms with Crippen LogP contribution in [-0.4, -0.2) is 52.9 Å². The predicted molar refractivity (Wildman–Crippen MR) is 72.4 cm³/mol. The number of ether oxygens (including phenoxy) is 1. The Balaban J connectivity index is 1.73. The van der Waals surface area contributed by atoms with Gasteiger partial charge in [-0.2, -0.15) is 0 Å². The van der Waals surface area contributed by atoms with Crippen LogP contribution in [0.25, 0.3) is 0 Å². The first-order valence-electron chi connectivity index (χ1n) is 6.97. The molecule has 0 aliphatic carbocycles. The van der Waals surface area contributed by atoms with Gasteiger partial charge in [0.05, 0.1) is 12.1 Å². The summed E-state index contributed by atoms with van der Waals surface area (Å²) in [6, 6.07) is 0. The second kappa shape index (κ2) is 6.21. The third-order valence-corrected chi connectivity index (χ3v) is 3.69. The third-order valence-electron chi connectivity index (χ3n) is 3.69. The average molecular weight is 282 g/mol. The predicted octanol–water partition coefficient (Wildman–Crippen LogP) is 0.747. The Morgan fingerprint density at radius 3 is 2.70 bits per heavy atom. The Hall–Kier alpha value is -1.63. The van der Waals surface area contributed by atoms with Crippen LogP contribution in [0, 0.1) is 6.92 Å². The number of likely N-dealkylation sites (tertiary alicyclic amines) is 1. The number of nitrogens with one attached hydrogen (secondary N) is 1. The van der Waals surface area contributed by atoms with Crippen LogP contribution in [0.4, 0.5) is 0 Å². The van der Waals surface area contributed by atoms with Crippen molar-refractivity contribution in [2.45, 2.75) is 39.2 Å². The number of aromatic nitrogens is 2. The van der Waals surface area contributed by atoms with Gasteiger partial charge in [0.2, 0.25) is 5.91 Å². The molecule has 1 fully saturated rings. The fraction of sp³-hybridized carbons (Fsp3) is 0.769. The zero-order chi connectivity index (χ0) is 14.6. The molecule has 1 N–H and O–H groups in total. The normalized spacial score (nSPS) is 16.4. The highest BCUT2D eigenvalue weighted by Crippen LogP contribution is 2.20. The molecule has 1 saturated heterocycles. The van der Waals surface area contributed by atoms with E-state index < -0.39 is 5.54 Å². The van der Waals surface area contributed by atoms with Crippen molar-refractivity contribution in [3.8, 4) is 5.88 Å². The fourth-order valence-corrected chi connectivity index (χ4v) is 2.30. The van der Waals surface area contributed by atoms with Crippen molar-refractivity contribution < 1.29 is 14.2 Å². The number of rotatable bonds is 6. The van der Waals surface area contributed by atoms with Crippen LogP contribution in [0.5, 0.6) is 5.88 Å². The van der Waals surface area contributed by atoms with E-state index in [1.165, 1.54) is 0 Å². The number of carbonyl (C=O) groups excluding carboxylic acids is 1. The Bertz CT molecular complexity index is 452. The quantitative estimate of drug-likeness (QED) is 0.775. The Kier molecular flexibility index (Phi) is 4.59. The van der Waals surface area contributed by atoms with Crippen molar-refractivity contribution in [3.05, 3.63) is 5.69 Å². The zero-order valence-corrected chi connectivity index (χ0v) is 12.3. The summed E-state index contributed by atoms with van der Waals surface area (Å²) in [6.07, 6.45) is 2.33. The average Bonchev–Trinajstić information content (AvgIpc) is 3.06. The highest BCUT2D eigenvalue weighted by Gasteiger charge is 2.35. The van der Waals surface area contributed by atoms with Crippen LogP contribution in [-0.2, 0) is 4.79 Å². The molecular formula is C13H22N4O3. The molecule has 0 radical (unpaired) electrons. The molecule has 1 amide bonds. The Labute approximate surface area is 118 Å². The Morgan fingerprint density at radius 1 is 1.40 bits per heavy atom. The molecule has 1 aliphatic heterocycles. The fourth-order valence-electron chi connectivity index (χ4n) is 2.30. The van der Waals surface area contributed by atoms with E-state index in [-0.39, 0.29) is 5.91 Å². The first kappa shape index (κ1) is 14.8. The van der Waals surface area contributed by atoms with Crippen LogP contribution >= 0.6 is 0 Å². The van der Waals surface area contributed by atoms with Crippen molar-refractivity contribution in [3.63, 3.8) is 0 Å². The van der Waals surface area contributed by atoms with E-state index >= 15 is 0 Å². The summed E-state index contributed by atoms with van der Waals surface area (Å²) >= 11 is 0. The number of hydrogen-bond donors (Lipinski definition) is 1. The summed E-state index contributed by atoms with van der Waals surface area (Å²) in [5.74, 6) is 0.399. The molecule has 0 unspecified atom stereocenters. The highest BCUT2D eigenvalue weighted by atomic mass is 16.6. The van der Waals surface area contributed by atoms with Crippen molar-refractivity contribution in [1.29, 1.82) is 0 Å². The number of aryl methyl sites for hydroxylation is 1. The van der Waals surface area contributed by atoms with Gasteiger partial charge in [0, 0.05) is 0 Å². The van der Waals surface area contributed by atoms with Gasteiger partial charge >= 0.3 is 0 Å². The van der Waals surface area contributed by atoms with E-state index in [4.69, 9.17) is 4.74 Å². The lowest BCUT2D eigenvalue weighted by Gasteiger charge is -2.33. The molecule has 0 bridgehead atoms. The number of hydrogen-bond acceptors (Lipinski definition) is 6. The lowest BCUT2D eigenvalue weighted by molar-refractivity contribution is -0.131. The summed E-state index contributed by atoms with van der Waals surface area (Å²) in [5.41, 5.74) is 0.135. The van der Waals surface area contributed by atoms with Crippen LogP contribution < -0.4 is 10.1 Å². The van der Waals surface area contributed by atoms with Gasteiger partial charge in [-0.3, -0.25) is 9.69 Å². The minimum Gasteiger partial charge on any atom is -0.472 e. The van der Waals surface area contributed by atoms with Gasteiger partial charge in [-0.05, 0) is 51.9 Å². The molecule has 0 spiro atoms. The number of nitrogens with zero attached hydrogens (tertiary/aromatic N) is 3. The molecule has 7 heteroatoms. The molecule has 0 saturated carbocycles. The summed E-state index contributed by atoms with van der Waals surface area (Å²) in [4.78, 5) is 14.4. The lowest BCUT2D eigenvalue weighted by Crippen LogP contribution is -2.54. The second-order valence-electron chi connectivity index (χ2n) is 5.51.